The number of rotatable bonds is 3. The van der Waals surface area contributed by atoms with Crippen LogP contribution in [0.3, 0.4) is 0 Å². The van der Waals surface area contributed by atoms with Gasteiger partial charge in [0.2, 0.25) is 5.91 Å². The molecule has 0 spiro atoms. The van der Waals surface area contributed by atoms with Gasteiger partial charge < -0.3 is 10.0 Å². The number of hydrogen-bond donors (Lipinski definition) is 1. The second-order valence-electron chi connectivity index (χ2n) is 4.99. The fraction of sp³-hybridized carbons (Fsp3) is 0.667. The Hall–Kier alpha value is -1.92. The van der Waals surface area contributed by atoms with Gasteiger partial charge in [-0.3, -0.25) is 4.79 Å². The molecular weight excluding hydrogens is 248 g/mol. The van der Waals surface area contributed by atoms with E-state index in [1.54, 1.807) is 6.92 Å². The van der Waals surface area contributed by atoms with Crippen LogP contribution in [-0.2, 0) is 9.59 Å². The van der Waals surface area contributed by atoms with Gasteiger partial charge in [-0.1, -0.05) is 6.92 Å². The summed E-state index contributed by atoms with van der Waals surface area (Å²) in [5.74, 6) is -1.19. The van der Waals surface area contributed by atoms with Crippen LogP contribution >= 0.6 is 0 Å². The largest absolute Gasteiger partial charge is 0.480 e. The first-order chi connectivity index (χ1) is 9.02. The molecule has 3 unspecified atom stereocenters. The molecular formula is C12H18N4O3. The number of aromatic nitrogens is 3. The molecule has 1 amide bonds. The Morgan fingerprint density at radius 3 is 2.79 bits per heavy atom. The molecule has 0 bridgehead atoms. The fourth-order valence-electron chi connectivity index (χ4n) is 2.58. The molecule has 1 fully saturated rings. The monoisotopic (exact) mass is 266 g/mol. The quantitative estimate of drug-likeness (QED) is 0.863. The molecule has 7 nitrogen and oxygen atoms in total. The zero-order valence-corrected chi connectivity index (χ0v) is 11.1. The second-order valence-corrected chi connectivity index (χ2v) is 4.99. The molecule has 2 heterocycles. The first-order valence-electron chi connectivity index (χ1n) is 6.39. The summed E-state index contributed by atoms with van der Waals surface area (Å²) < 4.78 is 1.44. The van der Waals surface area contributed by atoms with Gasteiger partial charge in [-0.25, -0.2) is 14.5 Å². The highest BCUT2D eigenvalue weighted by Gasteiger charge is 2.38. The number of carbonyl (C=O) groups is 2. The van der Waals surface area contributed by atoms with Crippen LogP contribution in [-0.4, -0.2) is 49.2 Å². The topological polar surface area (TPSA) is 88.3 Å². The van der Waals surface area contributed by atoms with Crippen LogP contribution in [0.15, 0.2) is 12.7 Å². The van der Waals surface area contributed by atoms with E-state index in [9.17, 15) is 14.7 Å². The van der Waals surface area contributed by atoms with E-state index >= 15 is 0 Å². The molecule has 0 saturated carbocycles. The maximum Gasteiger partial charge on any atom is 0.326 e. The van der Waals surface area contributed by atoms with Crippen molar-refractivity contribution in [3.8, 4) is 0 Å². The summed E-state index contributed by atoms with van der Waals surface area (Å²) in [5, 5.41) is 13.2. The van der Waals surface area contributed by atoms with Gasteiger partial charge in [0, 0.05) is 6.54 Å². The van der Waals surface area contributed by atoms with Crippen LogP contribution in [0.2, 0.25) is 0 Å². The summed E-state index contributed by atoms with van der Waals surface area (Å²) in [5.41, 5.74) is 0. The number of likely N-dealkylation sites (tertiary alicyclic amines) is 1. The maximum absolute atomic E-state index is 12.4. The molecule has 0 aliphatic carbocycles. The van der Waals surface area contributed by atoms with Gasteiger partial charge in [-0.2, -0.15) is 5.10 Å². The standard InChI is InChI=1S/C12H18N4O3/c1-8-4-3-5-15(10(8)12(18)19)11(17)9(2)16-7-13-6-14-16/h6-10H,3-5H2,1-2H3,(H,18,19). The zero-order chi connectivity index (χ0) is 14.0. The Bertz CT molecular complexity index is 460. The number of piperidine rings is 1. The molecule has 1 aliphatic heterocycles. The van der Waals surface area contributed by atoms with Crippen LogP contribution in [0.4, 0.5) is 0 Å². The predicted molar refractivity (Wildman–Crippen MR) is 66.3 cm³/mol. The Morgan fingerprint density at radius 2 is 2.21 bits per heavy atom. The predicted octanol–water partition coefficient (Wildman–Crippen LogP) is 0.551. The van der Waals surface area contributed by atoms with Gasteiger partial charge in [-0.15, -0.1) is 0 Å². The number of carboxylic acid groups (broad SMARTS) is 1. The van der Waals surface area contributed by atoms with Gasteiger partial charge >= 0.3 is 5.97 Å². The van der Waals surface area contributed by atoms with E-state index in [2.05, 4.69) is 10.1 Å². The van der Waals surface area contributed by atoms with Crippen molar-refractivity contribution >= 4 is 11.9 Å². The molecule has 1 saturated heterocycles. The van der Waals surface area contributed by atoms with E-state index < -0.39 is 18.1 Å². The van der Waals surface area contributed by atoms with E-state index in [0.29, 0.717) is 6.54 Å². The average molecular weight is 266 g/mol. The lowest BCUT2D eigenvalue weighted by atomic mass is 9.90. The summed E-state index contributed by atoms with van der Waals surface area (Å²) in [6, 6.07) is -1.28. The van der Waals surface area contributed by atoms with Crippen LogP contribution < -0.4 is 0 Å². The van der Waals surface area contributed by atoms with Gasteiger partial charge in [0.1, 0.15) is 24.7 Å². The number of carboxylic acids is 1. The van der Waals surface area contributed by atoms with Crippen molar-refractivity contribution < 1.29 is 14.7 Å². The average Bonchev–Trinajstić information content (AvgIpc) is 2.90. The second kappa shape index (κ2) is 5.38. The van der Waals surface area contributed by atoms with Crippen LogP contribution in [0, 0.1) is 5.92 Å². The van der Waals surface area contributed by atoms with E-state index in [-0.39, 0.29) is 11.8 Å². The minimum absolute atomic E-state index is 0.0295. The SMILES string of the molecule is CC1CCCN(C(=O)C(C)n2cncn2)C1C(=O)O. The minimum Gasteiger partial charge on any atom is -0.480 e. The Kier molecular flexibility index (Phi) is 3.82. The number of hydrogen-bond acceptors (Lipinski definition) is 4. The van der Waals surface area contributed by atoms with Crippen molar-refractivity contribution in [2.45, 2.75) is 38.8 Å². The lowest BCUT2D eigenvalue weighted by Gasteiger charge is -2.38. The van der Waals surface area contributed by atoms with Gasteiger partial charge in [0.15, 0.2) is 0 Å². The van der Waals surface area contributed by atoms with E-state index in [4.69, 9.17) is 0 Å². The normalized spacial score (nSPS) is 25.1. The van der Waals surface area contributed by atoms with E-state index in [1.165, 1.54) is 22.2 Å². The molecule has 3 atom stereocenters. The first kappa shape index (κ1) is 13.5. The van der Waals surface area contributed by atoms with E-state index in [1.807, 2.05) is 6.92 Å². The highest BCUT2D eigenvalue weighted by Crippen LogP contribution is 2.25. The molecule has 7 heteroatoms. The van der Waals surface area contributed by atoms with Crippen LogP contribution in [0.5, 0.6) is 0 Å². The van der Waals surface area contributed by atoms with Crippen molar-refractivity contribution in [1.29, 1.82) is 0 Å². The minimum atomic E-state index is -0.939. The molecule has 104 valence electrons. The summed E-state index contributed by atoms with van der Waals surface area (Å²) in [6.07, 6.45) is 4.49. The first-order valence-corrected chi connectivity index (χ1v) is 6.39. The molecule has 19 heavy (non-hydrogen) atoms. The molecule has 1 N–H and O–H groups in total. The van der Waals surface area contributed by atoms with Crippen molar-refractivity contribution in [3.05, 3.63) is 12.7 Å². The lowest BCUT2D eigenvalue weighted by Crippen LogP contribution is -2.53. The lowest BCUT2D eigenvalue weighted by molar-refractivity contribution is -0.156. The molecule has 2 rings (SSSR count). The van der Waals surface area contributed by atoms with Crippen molar-refractivity contribution in [2.75, 3.05) is 6.54 Å². The summed E-state index contributed by atoms with van der Waals surface area (Å²) in [4.78, 5) is 29.1. The van der Waals surface area contributed by atoms with Crippen LogP contribution in [0.1, 0.15) is 32.7 Å². The van der Waals surface area contributed by atoms with Gasteiger partial charge in [0.25, 0.3) is 0 Å². The third-order valence-corrected chi connectivity index (χ3v) is 3.66. The van der Waals surface area contributed by atoms with Crippen molar-refractivity contribution in [3.63, 3.8) is 0 Å². The fourth-order valence-corrected chi connectivity index (χ4v) is 2.58. The number of nitrogens with zero attached hydrogens (tertiary/aromatic N) is 4. The van der Waals surface area contributed by atoms with Gasteiger partial charge in [-0.05, 0) is 25.7 Å². The molecule has 1 aromatic heterocycles. The summed E-state index contributed by atoms with van der Waals surface area (Å²) in [7, 11) is 0. The molecule has 1 aliphatic rings. The summed E-state index contributed by atoms with van der Waals surface area (Å²) >= 11 is 0. The van der Waals surface area contributed by atoms with E-state index in [0.717, 1.165) is 12.8 Å². The molecule has 1 aromatic rings. The van der Waals surface area contributed by atoms with Crippen molar-refractivity contribution in [1.82, 2.24) is 19.7 Å². The molecule has 0 aromatic carbocycles. The Labute approximate surface area is 111 Å². The van der Waals surface area contributed by atoms with Gasteiger partial charge in [0.05, 0.1) is 0 Å². The summed E-state index contributed by atoms with van der Waals surface area (Å²) in [6.45, 7) is 4.06. The van der Waals surface area contributed by atoms with Crippen LogP contribution in [0.25, 0.3) is 0 Å². The number of amides is 1. The Balaban J connectivity index is 2.18. The molecule has 0 radical (unpaired) electrons. The smallest absolute Gasteiger partial charge is 0.326 e. The van der Waals surface area contributed by atoms with Crippen molar-refractivity contribution in [2.24, 2.45) is 5.92 Å². The zero-order valence-electron chi connectivity index (χ0n) is 11.1. The maximum atomic E-state index is 12.4. The third-order valence-electron chi connectivity index (χ3n) is 3.66. The Morgan fingerprint density at radius 1 is 1.47 bits per heavy atom. The number of carbonyl (C=O) groups excluding carboxylic acids is 1. The number of aliphatic carboxylic acids is 1. The highest BCUT2D eigenvalue weighted by atomic mass is 16.4. The third kappa shape index (κ3) is 2.59. The highest BCUT2D eigenvalue weighted by molar-refractivity contribution is 5.86.